The number of hydrogen-bond acceptors (Lipinski definition) is 4. The van der Waals surface area contributed by atoms with Crippen LogP contribution in [-0.2, 0) is 11.2 Å². The Kier molecular flexibility index (Phi) is 6.56. The number of amides is 1. The minimum Gasteiger partial charge on any atom is -0.497 e. The highest BCUT2D eigenvalue weighted by atomic mass is 19.3. The average molecular weight is 351 g/mol. The second kappa shape index (κ2) is 8.86. The van der Waals surface area contributed by atoms with Gasteiger partial charge in [0, 0.05) is 12.1 Å². The monoisotopic (exact) mass is 351 g/mol. The van der Waals surface area contributed by atoms with Crippen molar-refractivity contribution in [3.05, 3.63) is 48.0 Å². The zero-order chi connectivity index (χ0) is 18.2. The minimum absolute atomic E-state index is 0.0362. The summed E-state index contributed by atoms with van der Waals surface area (Å²) >= 11 is 0. The van der Waals surface area contributed by atoms with E-state index in [0.717, 1.165) is 5.56 Å². The number of nitrogens with one attached hydrogen (secondary N) is 1. The van der Waals surface area contributed by atoms with Crippen LogP contribution in [0.15, 0.2) is 42.5 Å². The van der Waals surface area contributed by atoms with Crippen LogP contribution in [0.3, 0.4) is 0 Å². The zero-order valence-electron chi connectivity index (χ0n) is 13.9. The van der Waals surface area contributed by atoms with Crippen molar-refractivity contribution in [2.75, 3.05) is 19.5 Å². The number of alkyl halides is 2. The molecule has 25 heavy (non-hydrogen) atoms. The molecule has 0 aliphatic rings. The molecule has 0 saturated carbocycles. The van der Waals surface area contributed by atoms with Crippen LogP contribution in [0.5, 0.6) is 17.2 Å². The second-order valence-electron chi connectivity index (χ2n) is 5.13. The molecule has 0 spiro atoms. The lowest BCUT2D eigenvalue weighted by Gasteiger charge is -2.11. The molecule has 0 fully saturated rings. The van der Waals surface area contributed by atoms with Gasteiger partial charge in [-0.1, -0.05) is 0 Å². The molecule has 5 nitrogen and oxygen atoms in total. The predicted octanol–water partition coefficient (Wildman–Crippen LogP) is 3.88. The van der Waals surface area contributed by atoms with Gasteiger partial charge in [0.25, 0.3) is 0 Å². The van der Waals surface area contributed by atoms with Crippen molar-refractivity contribution in [2.24, 2.45) is 0 Å². The number of hydrogen-bond donors (Lipinski definition) is 1. The summed E-state index contributed by atoms with van der Waals surface area (Å²) in [7, 11) is 3.13. The Bertz CT molecular complexity index is 705. The quantitative estimate of drug-likeness (QED) is 0.784. The fourth-order valence-corrected chi connectivity index (χ4v) is 2.27. The predicted molar refractivity (Wildman–Crippen MR) is 89.6 cm³/mol. The van der Waals surface area contributed by atoms with Crippen molar-refractivity contribution in [3.63, 3.8) is 0 Å². The summed E-state index contributed by atoms with van der Waals surface area (Å²) in [6.45, 7) is -2.88. The average Bonchev–Trinajstić information content (AvgIpc) is 2.61. The number of halogens is 2. The molecule has 0 unspecified atom stereocenters. The Labute approximate surface area is 144 Å². The summed E-state index contributed by atoms with van der Waals surface area (Å²) in [5, 5.41) is 2.70. The standard InChI is InChI=1S/C18H19F2NO4/c1-23-15-8-9-16(24-2)12(11-15)3-10-17(22)21-13-4-6-14(7-5-13)25-18(19)20/h4-9,11,18H,3,10H2,1-2H3,(H,21,22). The molecule has 0 aliphatic heterocycles. The number of aryl methyl sites for hydroxylation is 1. The van der Waals surface area contributed by atoms with E-state index in [1.165, 1.54) is 24.3 Å². The molecule has 0 atom stereocenters. The number of ether oxygens (including phenoxy) is 3. The van der Waals surface area contributed by atoms with Gasteiger partial charge in [-0.15, -0.1) is 0 Å². The van der Waals surface area contributed by atoms with E-state index >= 15 is 0 Å². The Balaban J connectivity index is 1.92. The summed E-state index contributed by atoms with van der Waals surface area (Å²) in [5.41, 5.74) is 1.36. The molecular formula is C18H19F2NO4. The Morgan fingerprint density at radius 3 is 2.32 bits per heavy atom. The van der Waals surface area contributed by atoms with Gasteiger partial charge in [-0.3, -0.25) is 4.79 Å². The van der Waals surface area contributed by atoms with Crippen LogP contribution in [0.4, 0.5) is 14.5 Å². The minimum atomic E-state index is -2.88. The van der Waals surface area contributed by atoms with Crippen LogP contribution in [0, 0.1) is 0 Å². The van der Waals surface area contributed by atoms with Crippen LogP contribution in [-0.4, -0.2) is 26.7 Å². The lowest BCUT2D eigenvalue weighted by atomic mass is 10.1. The first-order valence-electron chi connectivity index (χ1n) is 7.57. The van der Waals surface area contributed by atoms with E-state index in [0.29, 0.717) is 23.6 Å². The van der Waals surface area contributed by atoms with Crippen molar-refractivity contribution in [2.45, 2.75) is 19.5 Å². The first-order valence-corrected chi connectivity index (χ1v) is 7.57. The van der Waals surface area contributed by atoms with E-state index in [2.05, 4.69) is 10.1 Å². The van der Waals surface area contributed by atoms with Gasteiger partial charge in [-0.25, -0.2) is 0 Å². The molecule has 2 aromatic carbocycles. The van der Waals surface area contributed by atoms with E-state index in [9.17, 15) is 13.6 Å². The molecular weight excluding hydrogens is 332 g/mol. The van der Waals surface area contributed by atoms with E-state index in [1.807, 2.05) is 6.07 Å². The molecule has 0 bridgehead atoms. The van der Waals surface area contributed by atoms with Crippen LogP contribution < -0.4 is 19.5 Å². The number of methoxy groups -OCH3 is 2. The number of carbonyl (C=O) groups is 1. The summed E-state index contributed by atoms with van der Waals surface area (Å²) in [5.74, 6) is 1.20. The van der Waals surface area contributed by atoms with E-state index in [-0.39, 0.29) is 18.1 Å². The maximum atomic E-state index is 12.1. The van der Waals surface area contributed by atoms with E-state index < -0.39 is 6.61 Å². The number of carbonyl (C=O) groups excluding carboxylic acids is 1. The first kappa shape index (κ1) is 18.5. The van der Waals surface area contributed by atoms with Crippen molar-refractivity contribution in [1.29, 1.82) is 0 Å². The fourth-order valence-electron chi connectivity index (χ4n) is 2.27. The molecule has 2 aromatic rings. The highest BCUT2D eigenvalue weighted by Gasteiger charge is 2.09. The largest absolute Gasteiger partial charge is 0.497 e. The molecule has 0 heterocycles. The summed E-state index contributed by atoms with van der Waals surface area (Å²) in [6, 6.07) is 11.1. The molecule has 1 N–H and O–H groups in total. The van der Waals surface area contributed by atoms with Crippen molar-refractivity contribution in [1.82, 2.24) is 0 Å². The SMILES string of the molecule is COc1ccc(OC)c(CCC(=O)Nc2ccc(OC(F)F)cc2)c1. The van der Waals surface area contributed by atoms with Crippen LogP contribution in [0.1, 0.15) is 12.0 Å². The summed E-state index contributed by atoms with van der Waals surface area (Å²) in [6.07, 6.45) is 0.706. The van der Waals surface area contributed by atoms with E-state index in [4.69, 9.17) is 9.47 Å². The third kappa shape index (κ3) is 5.63. The van der Waals surface area contributed by atoms with Crippen LogP contribution >= 0.6 is 0 Å². The smallest absolute Gasteiger partial charge is 0.387 e. The number of rotatable bonds is 8. The molecule has 1 amide bonds. The third-order valence-corrected chi connectivity index (χ3v) is 3.47. The lowest BCUT2D eigenvalue weighted by molar-refractivity contribution is -0.116. The fraction of sp³-hybridized carbons (Fsp3) is 0.278. The molecule has 7 heteroatoms. The molecule has 0 aromatic heterocycles. The molecule has 2 rings (SSSR count). The maximum absolute atomic E-state index is 12.1. The molecule has 0 aliphatic carbocycles. The zero-order valence-corrected chi connectivity index (χ0v) is 13.9. The number of anilines is 1. The van der Waals surface area contributed by atoms with Gasteiger partial charge in [0.15, 0.2) is 0 Å². The topological polar surface area (TPSA) is 56.8 Å². The Morgan fingerprint density at radius 1 is 1.04 bits per heavy atom. The summed E-state index contributed by atoms with van der Waals surface area (Å²) < 4.78 is 38.9. The van der Waals surface area contributed by atoms with Crippen molar-refractivity contribution in [3.8, 4) is 17.2 Å². The third-order valence-electron chi connectivity index (χ3n) is 3.47. The maximum Gasteiger partial charge on any atom is 0.387 e. The van der Waals surface area contributed by atoms with Gasteiger partial charge in [0.2, 0.25) is 5.91 Å². The van der Waals surface area contributed by atoms with Gasteiger partial charge in [-0.2, -0.15) is 8.78 Å². The van der Waals surface area contributed by atoms with Gasteiger partial charge in [-0.05, 0) is 54.4 Å². The van der Waals surface area contributed by atoms with Gasteiger partial charge in [0.1, 0.15) is 17.2 Å². The van der Waals surface area contributed by atoms with Gasteiger partial charge >= 0.3 is 6.61 Å². The summed E-state index contributed by atoms with van der Waals surface area (Å²) in [4.78, 5) is 12.1. The molecule has 0 saturated heterocycles. The Morgan fingerprint density at radius 2 is 1.72 bits per heavy atom. The van der Waals surface area contributed by atoms with E-state index in [1.54, 1.807) is 26.4 Å². The lowest BCUT2D eigenvalue weighted by Crippen LogP contribution is -2.12. The number of benzene rings is 2. The van der Waals surface area contributed by atoms with Gasteiger partial charge < -0.3 is 19.5 Å². The molecule has 0 radical (unpaired) electrons. The normalized spacial score (nSPS) is 10.4. The van der Waals surface area contributed by atoms with Crippen LogP contribution in [0.25, 0.3) is 0 Å². The molecule has 134 valence electrons. The van der Waals surface area contributed by atoms with Crippen LogP contribution in [0.2, 0.25) is 0 Å². The Hall–Kier alpha value is -2.83. The van der Waals surface area contributed by atoms with Crippen molar-refractivity contribution >= 4 is 11.6 Å². The highest BCUT2D eigenvalue weighted by molar-refractivity contribution is 5.90. The highest BCUT2D eigenvalue weighted by Crippen LogP contribution is 2.25. The van der Waals surface area contributed by atoms with Gasteiger partial charge in [0.05, 0.1) is 14.2 Å². The first-order chi connectivity index (χ1) is 12.0. The van der Waals surface area contributed by atoms with Crippen molar-refractivity contribution < 1.29 is 27.8 Å². The second-order valence-corrected chi connectivity index (χ2v) is 5.13.